The van der Waals surface area contributed by atoms with Crippen molar-refractivity contribution in [3.8, 4) is 5.75 Å². The standard InChI is InChI=1S/C10H8Cl2O2/c11-10(12)4-5-14-9-3-1-2-8(6-9)7-13/h1-4,6-7H,5H2. The molecule has 0 amide bonds. The van der Waals surface area contributed by atoms with Crippen LogP contribution in [0.3, 0.4) is 0 Å². The van der Waals surface area contributed by atoms with Crippen LogP contribution in [0.1, 0.15) is 10.4 Å². The van der Waals surface area contributed by atoms with Gasteiger partial charge in [-0.25, -0.2) is 0 Å². The Labute approximate surface area is 92.1 Å². The molecule has 1 aromatic carbocycles. The van der Waals surface area contributed by atoms with Gasteiger partial charge < -0.3 is 4.74 Å². The molecule has 0 aromatic heterocycles. The third-order valence-electron chi connectivity index (χ3n) is 1.48. The van der Waals surface area contributed by atoms with Crippen molar-refractivity contribution in [2.75, 3.05) is 6.61 Å². The monoisotopic (exact) mass is 230 g/mol. The van der Waals surface area contributed by atoms with Gasteiger partial charge >= 0.3 is 0 Å². The highest BCUT2D eigenvalue weighted by atomic mass is 35.5. The first-order valence-electron chi connectivity index (χ1n) is 3.91. The Balaban J connectivity index is 2.58. The average molecular weight is 231 g/mol. The van der Waals surface area contributed by atoms with Crippen LogP contribution >= 0.6 is 23.2 Å². The fourth-order valence-corrected chi connectivity index (χ4v) is 1.00. The van der Waals surface area contributed by atoms with Crippen molar-refractivity contribution in [1.29, 1.82) is 0 Å². The molecule has 0 spiro atoms. The molecule has 1 aromatic rings. The van der Waals surface area contributed by atoms with Crippen LogP contribution in [-0.4, -0.2) is 12.9 Å². The molecule has 0 heterocycles. The second kappa shape index (κ2) is 5.68. The maximum atomic E-state index is 10.4. The average Bonchev–Trinajstić information content (AvgIpc) is 2.18. The summed E-state index contributed by atoms with van der Waals surface area (Å²) in [6, 6.07) is 6.83. The normalized spacial score (nSPS) is 9.29. The topological polar surface area (TPSA) is 26.3 Å². The van der Waals surface area contributed by atoms with Crippen molar-refractivity contribution in [3.05, 3.63) is 40.4 Å². The number of hydrogen-bond acceptors (Lipinski definition) is 2. The number of halogens is 2. The molecule has 0 bridgehead atoms. The lowest BCUT2D eigenvalue weighted by atomic mass is 10.2. The van der Waals surface area contributed by atoms with Crippen molar-refractivity contribution in [2.24, 2.45) is 0 Å². The van der Waals surface area contributed by atoms with Crippen LogP contribution in [-0.2, 0) is 0 Å². The van der Waals surface area contributed by atoms with E-state index >= 15 is 0 Å². The van der Waals surface area contributed by atoms with E-state index in [4.69, 9.17) is 27.9 Å². The molecule has 0 fully saturated rings. The molecule has 74 valence electrons. The van der Waals surface area contributed by atoms with Gasteiger partial charge in [-0.1, -0.05) is 35.3 Å². The van der Waals surface area contributed by atoms with Gasteiger partial charge in [0.1, 0.15) is 23.1 Å². The van der Waals surface area contributed by atoms with Gasteiger partial charge in [-0.3, -0.25) is 4.79 Å². The molecule has 14 heavy (non-hydrogen) atoms. The molecule has 0 radical (unpaired) electrons. The van der Waals surface area contributed by atoms with E-state index in [1.807, 2.05) is 0 Å². The molecule has 2 nitrogen and oxygen atoms in total. The zero-order valence-electron chi connectivity index (χ0n) is 7.24. The summed E-state index contributed by atoms with van der Waals surface area (Å²) in [7, 11) is 0. The summed E-state index contributed by atoms with van der Waals surface area (Å²) in [5.41, 5.74) is 0.573. The van der Waals surface area contributed by atoms with Gasteiger partial charge in [0.2, 0.25) is 0 Å². The van der Waals surface area contributed by atoms with Gasteiger partial charge in [-0.05, 0) is 18.2 Å². The second-order valence-corrected chi connectivity index (χ2v) is 3.50. The van der Waals surface area contributed by atoms with E-state index < -0.39 is 0 Å². The highest BCUT2D eigenvalue weighted by Gasteiger charge is 1.94. The van der Waals surface area contributed by atoms with Crippen molar-refractivity contribution in [3.63, 3.8) is 0 Å². The molecule has 0 aliphatic heterocycles. The maximum absolute atomic E-state index is 10.4. The third-order valence-corrected chi connectivity index (χ3v) is 1.79. The summed E-state index contributed by atoms with van der Waals surface area (Å²) in [5.74, 6) is 0.612. The molecule has 0 unspecified atom stereocenters. The Morgan fingerprint density at radius 3 is 2.86 bits per heavy atom. The van der Waals surface area contributed by atoms with E-state index in [-0.39, 0.29) is 11.1 Å². The molecule has 4 heteroatoms. The smallest absolute Gasteiger partial charge is 0.150 e. The van der Waals surface area contributed by atoms with E-state index in [9.17, 15) is 4.79 Å². The minimum atomic E-state index is 0.163. The fraction of sp³-hybridized carbons (Fsp3) is 0.100. The second-order valence-electron chi connectivity index (χ2n) is 2.50. The Hall–Kier alpha value is -0.990. The lowest BCUT2D eigenvalue weighted by Gasteiger charge is -2.02. The van der Waals surface area contributed by atoms with Crippen molar-refractivity contribution in [2.45, 2.75) is 0 Å². The Morgan fingerprint density at radius 2 is 2.21 bits per heavy atom. The van der Waals surface area contributed by atoms with E-state index in [2.05, 4.69) is 0 Å². The van der Waals surface area contributed by atoms with Gasteiger partial charge in [-0.15, -0.1) is 0 Å². The highest BCUT2D eigenvalue weighted by molar-refractivity contribution is 6.55. The predicted molar refractivity (Wildman–Crippen MR) is 57.1 cm³/mol. The quantitative estimate of drug-likeness (QED) is 0.743. The van der Waals surface area contributed by atoms with Crippen LogP contribution in [0.25, 0.3) is 0 Å². The summed E-state index contributed by atoms with van der Waals surface area (Å²) in [6.07, 6.45) is 2.29. The maximum Gasteiger partial charge on any atom is 0.150 e. The van der Waals surface area contributed by atoms with Crippen LogP contribution in [0, 0.1) is 0 Å². The first kappa shape index (κ1) is 11.1. The molecule has 0 saturated carbocycles. The molecule has 0 N–H and O–H groups in total. The van der Waals surface area contributed by atoms with Crippen LogP contribution in [0.5, 0.6) is 5.75 Å². The van der Waals surface area contributed by atoms with Crippen LogP contribution in [0.15, 0.2) is 34.8 Å². The van der Waals surface area contributed by atoms with Crippen molar-refractivity contribution in [1.82, 2.24) is 0 Å². The number of benzene rings is 1. The number of carbonyl (C=O) groups excluding carboxylic acids is 1. The minimum Gasteiger partial charge on any atom is -0.489 e. The summed E-state index contributed by atoms with van der Waals surface area (Å²) in [5, 5.41) is 0. The van der Waals surface area contributed by atoms with Gasteiger partial charge in [-0.2, -0.15) is 0 Å². The lowest BCUT2D eigenvalue weighted by molar-refractivity contribution is 0.112. The van der Waals surface area contributed by atoms with Crippen LogP contribution < -0.4 is 4.74 Å². The first-order chi connectivity index (χ1) is 6.72. The Morgan fingerprint density at radius 1 is 1.43 bits per heavy atom. The summed E-state index contributed by atoms with van der Waals surface area (Å²) >= 11 is 10.8. The number of hydrogen-bond donors (Lipinski definition) is 0. The van der Waals surface area contributed by atoms with Gasteiger partial charge in [0.15, 0.2) is 0 Å². The van der Waals surface area contributed by atoms with E-state index in [1.165, 1.54) is 6.08 Å². The third kappa shape index (κ3) is 3.81. The van der Waals surface area contributed by atoms with Crippen molar-refractivity contribution >= 4 is 29.5 Å². The SMILES string of the molecule is O=Cc1cccc(OCC=C(Cl)Cl)c1. The number of rotatable bonds is 4. The Kier molecular flexibility index (Phi) is 4.50. The summed E-state index contributed by atoms with van der Waals surface area (Å²) < 4.78 is 5.42. The molecule has 0 aliphatic rings. The molecule has 0 atom stereocenters. The molecular weight excluding hydrogens is 223 g/mol. The van der Waals surface area contributed by atoms with Gasteiger partial charge in [0.25, 0.3) is 0 Å². The fourth-order valence-electron chi connectivity index (χ4n) is 0.879. The minimum absolute atomic E-state index is 0.163. The zero-order valence-corrected chi connectivity index (χ0v) is 8.76. The first-order valence-corrected chi connectivity index (χ1v) is 4.67. The van der Waals surface area contributed by atoms with E-state index in [0.717, 1.165) is 6.29 Å². The van der Waals surface area contributed by atoms with Crippen molar-refractivity contribution < 1.29 is 9.53 Å². The molecular formula is C10H8Cl2O2. The summed E-state index contributed by atoms with van der Waals surface area (Å²) in [4.78, 5) is 10.4. The molecule has 0 saturated heterocycles. The van der Waals surface area contributed by atoms with Gasteiger partial charge in [0.05, 0.1) is 0 Å². The largest absolute Gasteiger partial charge is 0.489 e. The van der Waals surface area contributed by atoms with Crippen LogP contribution in [0.4, 0.5) is 0 Å². The number of carbonyl (C=O) groups is 1. The number of ether oxygens (including phenoxy) is 1. The van der Waals surface area contributed by atoms with Crippen LogP contribution in [0.2, 0.25) is 0 Å². The van der Waals surface area contributed by atoms with E-state index in [0.29, 0.717) is 11.3 Å². The van der Waals surface area contributed by atoms with Gasteiger partial charge in [0, 0.05) is 5.56 Å². The zero-order chi connectivity index (χ0) is 10.4. The van der Waals surface area contributed by atoms with E-state index in [1.54, 1.807) is 24.3 Å². The lowest BCUT2D eigenvalue weighted by Crippen LogP contribution is -1.94. The highest BCUT2D eigenvalue weighted by Crippen LogP contribution is 2.13. The predicted octanol–water partition coefficient (Wildman–Crippen LogP) is 3.20. The molecule has 1 rings (SSSR count). The number of aldehydes is 1. The summed E-state index contributed by atoms with van der Waals surface area (Å²) in [6.45, 7) is 0.282. The Bertz CT molecular complexity index is 344. The molecule has 0 aliphatic carbocycles.